The van der Waals surface area contributed by atoms with Crippen LogP contribution in [0.5, 0.6) is 11.5 Å². The summed E-state index contributed by atoms with van der Waals surface area (Å²) in [5, 5.41) is 7.26. The second-order valence-electron chi connectivity index (χ2n) is 8.95. The predicted octanol–water partition coefficient (Wildman–Crippen LogP) is 4.82. The summed E-state index contributed by atoms with van der Waals surface area (Å²) in [7, 11) is 2.97. The third-order valence-corrected chi connectivity index (χ3v) is 6.60. The Morgan fingerprint density at radius 1 is 1.12 bits per heavy atom. The van der Waals surface area contributed by atoms with Crippen molar-refractivity contribution in [2.24, 2.45) is 5.92 Å². The van der Waals surface area contributed by atoms with Crippen LogP contribution in [-0.2, 0) is 0 Å². The molecule has 4 atom stereocenters. The molecule has 1 aromatic carbocycles. The number of anilines is 1. The lowest BCUT2D eigenvalue weighted by Gasteiger charge is -2.36. The number of benzene rings is 1. The molecule has 0 saturated carbocycles. The summed E-state index contributed by atoms with van der Waals surface area (Å²) < 4.78 is 53.5. The largest absolute Gasteiger partial charge is 0.493 e. The number of fused-ring (bicyclic) bond motifs is 1. The van der Waals surface area contributed by atoms with Gasteiger partial charge in [-0.25, -0.2) is 4.68 Å². The van der Waals surface area contributed by atoms with Crippen molar-refractivity contribution in [2.45, 2.75) is 57.4 Å². The number of carbonyl (C=O) groups is 1. The molecular weight excluding hydrogens is 437 g/mol. The Balaban J connectivity index is 1.67. The van der Waals surface area contributed by atoms with Gasteiger partial charge in [0, 0.05) is 25.1 Å². The van der Waals surface area contributed by atoms with E-state index in [2.05, 4.69) is 17.3 Å². The Morgan fingerprint density at radius 2 is 1.85 bits per heavy atom. The molecule has 33 heavy (non-hydrogen) atoms. The highest BCUT2D eigenvalue weighted by Crippen LogP contribution is 2.44. The van der Waals surface area contributed by atoms with E-state index in [9.17, 15) is 18.0 Å². The van der Waals surface area contributed by atoms with Gasteiger partial charge in [-0.05, 0) is 43.4 Å². The zero-order chi connectivity index (χ0) is 23.9. The number of amides is 1. The summed E-state index contributed by atoms with van der Waals surface area (Å²) >= 11 is 0. The highest BCUT2D eigenvalue weighted by Gasteiger charge is 2.47. The number of piperidine rings is 1. The summed E-state index contributed by atoms with van der Waals surface area (Å²) in [5.41, 5.74) is 0.654. The molecular formula is C23H29F3N4O3. The van der Waals surface area contributed by atoms with Crippen LogP contribution in [0.25, 0.3) is 0 Å². The number of likely N-dealkylation sites (tertiary alicyclic amines) is 1. The molecule has 3 heterocycles. The summed E-state index contributed by atoms with van der Waals surface area (Å²) in [4.78, 5) is 14.9. The summed E-state index contributed by atoms with van der Waals surface area (Å²) in [6.07, 6.45) is -2.90. The molecule has 0 unspecified atom stereocenters. The Kier molecular flexibility index (Phi) is 6.20. The van der Waals surface area contributed by atoms with Crippen LogP contribution in [0.15, 0.2) is 24.3 Å². The summed E-state index contributed by atoms with van der Waals surface area (Å²) in [5.74, 6) is 1.11. The average Bonchev–Trinajstić information content (AvgIpc) is 3.22. The van der Waals surface area contributed by atoms with Crippen LogP contribution in [0.3, 0.4) is 0 Å². The zero-order valence-electron chi connectivity index (χ0n) is 19.1. The molecule has 2 aromatic rings. The van der Waals surface area contributed by atoms with Crippen LogP contribution < -0.4 is 14.8 Å². The van der Waals surface area contributed by atoms with Crippen LogP contribution in [0.2, 0.25) is 0 Å². The van der Waals surface area contributed by atoms with E-state index in [1.807, 2.05) is 6.92 Å². The first kappa shape index (κ1) is 23.3. The monoisotopic (exact) mass is 466 g/mol. The van der Waals surface area contributed by atoms with Crippen molar-refractivity contribution in [3.8, 4) is 11.5 Å². The number of aromatic nitrogens is 2. The maximum atomic E-state index is 14.0. The molecule has 1 fully saturated rings. The first-order chi connectivity index (χ1) is 15.6. The van der Waals surface area contributed by atoms with Gasteiger partial charge in [0.15, 0.2) is 23.2 Å². The average molecular weight is 467 g/mol. The van der Waals surface area contributed by atoms with E-state index in [-0.39, 0.29) is 29.9 Å². The zero-order valence-corrected chi connectivity index (χ0v) is 19.1. The quantitative estimate of drug-likeness (QED) is 0.700. The van der Waals surface area contributed by atoms with Crippen molar-refractivity contribution >= 4 is 11.7 Å². The van der Waals surface area contributed by atoms with Crippen molar-refractivity contribution in [1.29, 1.82) is 0 Å². The molecule has 1 amide bonds. The maximum absolute atomic E-state index is 14.0. The first-order valence-corrected chi connectivity index (χ1v) is 11.1. The van der Waals surface area contributed by atoms with E-state index in [4.69, 9.17) is 9.47 Å². The van der Waals surface area contributed by atoms with Gasteiger partial charge >= 0.3 is 6.18 Å². The molecule has 1 saturated heterocycles. The van der Waals surface area contributed by atoms with Crippen molar-refractivity contribution in [1.82, 2.24) is 14.7 Å². The molecule has 10 heteroatoms. The highest BCUT2D eigenvalue weighted by atomic mass is 19.4. The molecule has 0 bridgehead atoms. The lowest BCUT2D eigenvalue weighted by molar-refractivity contribution is -0.173. The Hall–Kier alpha value is -2.91. The van der Waals surface area contributed by atoms with Crippen molar-refractivity contribution in [3.05, 3.63) is 35.5 Å². The molecule has 1 N–H and O–H groups in total. The maximum Gasteiger partial charge on any atom is 0.410 e. The summed E-state index contributed by atoms with van der Waals surface area (Å²) in [6, 6.07) is 4.00. The second-order valence-corrected chi connectivity index (χ2v) is 8.95. The number of nitrogens with one attached hydrogen (secondary N) is 1. The molecule has 7 nitrogen and oxygen atoms in total. The number of hydrogen-bond acceptors (Lipinski definition) is 5. The van der Waals surface area contributed by atoms with Gasteiger partial charge in [0.05, 0.1) is 20.3 Å². The summed E-state index contributed by atoms with van der Waals surface area (Å²) in [6.45, 7) is 4.61. The predicted molar refractivity (Wildman–Crippen MR) is 117 cm³/mol. The third-order valence-electron chi connectivity index (χ3n) is 6.60. The number of ether oxygens (including phenoxy) is 2. The van der Waals surface area contributed by atoms with E-state index in [1.54, 1.807) is 23.1 Å². The minimum Gasteiger partial charge on any atom is -0.493 e. The van der Waals surface area contributed by atoms with E-state index in [0.717, 1.165) is 17.5 Å². The number of alkyl halides is 3. The van der Waals surface area contributed by atoms with Gasteiger partial charge < -0.3 is 19.7 Å². The van der Waals surface area contributed by atoms with Crippen LogP contribution in [0.4, 0.5) is 19.0 Å². The number of hydrogen-bond donors (Lipinski definition) is 1. The molecule has 2 aliphatic heterocycles. The van der Waals surface area contributed by atoms with Gasteiger partial charge in [-0.1, -0.05) is 13.0 Å². The van der Waals surface area contributed by atoms with Gasteiger partial charge in [-0.3, -0.25) is 4.79 Å². The minimum atomic E-state index is -4.52. The van der Waals surface area contributed by atoms with Crippen molar-refractivity contribution in [2.75, 3.05) is 26.1 Å². The number of rotatable bonds is 4. The lowest BCUT2D eigenvalue weighted by Crippen LogP contribution is -2.45. The minimum absolute atomic E-state index is 0.0262. The number of halogens is 3. The number of nitrogens with zero attached hydrogens (tertiary/aromatic N) is 3. The fourth-order valence-corrected chi connectivity index (χ4v) is 4.68. The standard InChI is InChI=1S/C23H29F3N4O3/c1-13-5-6-14(2)29(12-13)22(31)17-11-21-27-16(10-20(23(24,25)26)30(21)28-17)15-7-8-18(32-3)19(9-15)33-4/h7-9,11,13-14,16,20,27H,5-6,10,12H2,1-4H3/t13-,14+,16-,20+/m1/s1. The van der Waals surface area contributed by atoms with E-state index in [0.29, 0.717) is 29.5 Å². The van der Waals surface area contributed by atoms with Crippen molar-refractivity contribution in [3.63, 3.8) is 0 Å². The molecule has 0 spiro atoms. The Bertz CT molecular complexity index is 1020. The van der Waals surface area contributed by atoms with Crippen LogP contribution in [-0.4, -0.2) is 53.6 Å². The van der Waals surface area contributed by atoms with Crippen LogP contribution >= 0.6 is 0 Å². The SMILES string of the molecule is COc1ccc([C@H]2C[C@@H](C(F)(F)F)n3nc(C(=O)N4C[C@H](C)CC[C@@H]4C)cc3N2)cc1OC. The van der Waals surface area contributed by atoms with E-state index in [1.165, 1.54) is 20.3 Å². The topological polar surface area (TPSA) is 68.6 Å². The Labute approximate surface area is 190 Å². The molecule has 1 aromatic heterocycles. The second kappa shape index (κ2) is 8.79. The first-order valence-electron chi connectivity index (χ1n) is 11.1. The van der Waals surface area contributed by atoms with Gasteiger partial charge in [0.1, 0.15) is 5.82 Å². The fraction of sp³-hybridized carbons (Fsp3) is 0.565. The molecule has 2 aliphatic rings. The van der Waals surface area contributed by atoms with Crippen molar-refractivity contribution < 1.29 is 27.4 Å². The number of carbonyl (C=O) groups excluding carboxylic acids is 1. The smallest absolute Gasteiger partial charge is 0.410 e. The van der Waals surface area contributed by atoms with Gasteiger partial charge in [-0.15, -0.1) is 0 Å². The fourth-order valence-electron chi connectivity index (χ4n) is 4.68. The normalized spacial score (nSPS) is 25.2. The van der Waals surface area contributed by atoms with Gasteiger partial charge in [0.25, 0.3) is 5.91 Å². The van der Waals surface area contributed by atoms with Crippen LogP contribution in [0.1, 0.15) is 61.2 Å². The Morgan fingerprint density at radius 3 is 2.52 bits per heavy atom. The highest BCUT2D eigenvalue weighted by molar-refractivity contribution is 5.93. The van der Waals surface area contributed by atoms with Gasteiger partial charge in [-0.2, -0.15) is 18.3 Å². The lowest BCUT2D eigenvalue weighted by atomic mass is 9.95. The molecule has 4 rings (SSSR count). The third kappa shape index (κ3) is 4.47. The van der Waals surface area contributed by atoms with Gasteiger partial charge in [0.2, 0.25) is 0 Å². The molecule has 180 valence electrons. The molecule has 0 radical (unpaired) electrons. The van der Waals surface area contributed by atoms with Crippen LogP contribution in [0, 0.1) is 5.92 Å². The van der Waals surface area contributed by atoms with E-state index < -0.39 is 18.3 Å². The molecule has 0 aliphatic carbocycles. The van der Waals surface area contributed by atoms with E-state index >= 15 is 0 Å². The number of methoxy groups -OCH3 is 2.